The van der Waals surface area contributed by atoms with Crippen LogP contribution in [-0.2, 0) is 4.74 Å². The number of nitrogens with zero attached hydrogens (tertiary/aromatic N) is 1. The van der Waals surface area contributed by atoms with Gasteiger partial charge in [0.05, 0.1) is 12.2 Å². The zero-order chi connectivity index (χ0) is 13.7. The second kappa shape index (κ2) is 6.49. The zero-order valence-electron chi connectivity index (χ0n) is 9.25. The van der Waals surface area contributed by atoms with Crippen molar-refractivity contribution in [2.45, 2.75) is 13.5 Å². The molecule has 96 valence electrons. The van der Waals surface area contributed by atoms with Gasteiger partial charge in [-0.3, -0.25) is 0 Å². The Hall–Kier alpha value is -1.43. The lowest BCUT2D eigenvalue weighted by molar-refractivity contribution is -0.0505. The highest BCUT2D eigenvalue weighted by Gasteiger charge is 2.22. The van der Waals surface area contributed by atoms with E-state index in [9.17, 15) is 13.6 Å². The molecular weight excluding hydrogens is 359 g/mol. The van der Waals surface area contributed by atoms with Crippen molar-refractivity contribution >= 4 is 28.6 Å². The Morgan fingerprint density at radius 1 is 1.56 bits per heavy atom. The number of hydrogen-bond donors (Lipinski definition) is 0. The highest BCUT2D eigenvalue weighted by Crippen LogP contribution is 2.29. The molecule has 0 aliphatic heterocycles. The third-order valence-electron chi connectivity index (χ3n) is 1.92. The van der Waals surface area contributed by atoms with E-state index in [1.54, 1.807) is 29.5 Å². The van der Waals surface area contributed by atoms with E-state index in [0.29, 0.717) is 0 Å². The molecule has 0 spiro atoms. The fourth-order valence-corrected chi connectivity index (χ4v) is 2.02. The molecule has 0 fully saturated rings. The fourth-order valence-electron chi connectivity index (χ4n) is 1.23. The van der Waals surface area contributed by atoms with Gasteiger partial charge in [-0.15, -0.1) is 0 Å². The molecular formula is C11H8F2INO3. The summed E-state index contributed by atoms with van der Waals surface area (Å²) in [5.41, 5.74) is 0.0390. The summed E-state index contributed by atoms with van der Waals surface area (Å²) in [5, 5.41) is 8.83. The Labute approximate surface area is 116 Å². The molecule has 18 heavy (non-hydrogen) atoms. The predicted octanol–water partition coefficient (Wildman–Crippen LogP) is 2.94. The number of halogens is 3. The van der Waals surface area contributed by atoms with Crippen LogP contribution < -0.4 is 4.74 Å². The molecule has 1 aromatic rings. The number of esters is 1. The molecule has 0 saturated carbocycles. The number of carbonyl (C=O) groups is 1. The maximum atomic E-state index is 12.2. The van der Waals surface area contributed by atoms with Crippen LogP contribution in [-0.4, -0.2) is 19.2 Å². The number of ether oxygens (including phenoxy) is 2. The fraction of sp³-hybridized carbons (Fsp3) is 0.273. The van der Waals surface area contributed by atoms with Crippen LogP contribution in [0.2, 0.25) is 0 Å². The van der Waals surface area contributed by atoms with E-state index in [-0.39, 0.29) is 27.1 Å². The lowest BCUT2D eigenvalue weighted by Gasteiger charge is -2.12. The number of alkyl halides is 2. The topological polar surface area (TPSA) is 59.3 Å². The molecule has 0 radical (unpaired) electrons. The van der Waals surface area contributed by atoms with Gasteiger partial charge in [0, 0.05) is 3.57 Å². The molecule has 0 unspecified atom stereocenters. The third kappa shape index (κ3) is 3.29. The van der Waals surface area contributed by atoms with E-state index in [4.69, 9.17) is 10.00 Å². The average molecular weight is 367 g/mol. The number of carbonyl (C=O) groups excluding carboxylic acids is 1. The van der Waals surface area contributed by atoms with Crippen LogP contribution in [0.4, 0.5) is 8.78 Å². The zero-order valence-corrected chi connectivity index (χ0v) is 11.4. The highest BCUT2D eigenvalue weighted by atomic mass is 127. The molecule has 0 aliphatic rings. The van der Waals surface area contributed by atoms with Crippen molar-refractivity contribution in [1.82, 2.24) is 0 Å². The van der Waals surface area contributed by atoms with Gasteiger partial charge in [0.25, 0.3) is 0 Å². The molecule has 0 aliphatic carbocycles. The SMILES string of the molecule is CCOC(=O)c1c(OC(F)F)ccc(C#N)c1I. The Morgan fingerprint density at radius 2 is 2.22 bits per heavy atom. The van der Waals surface area contributed by atoms with Gasteiger partial charge in [-0.2, -0.15) is 14.0 Å². The van der Waals surface area contributed by atoms with Crippen molar-refractivity contribution in [2.75, 3.05) is 6.61 Å². The van der Waals surface area contributed by atoms with Crippen LogP contribution in [0, 0.1) is 14.9 Å². The van der Waals surface area contributed by atoms with Gasteiger partial charge < -0.3 is 9.47 Å². The molecule has 0 saturated heterocycles. The Bertz CT molecular complexity index is 500. The van der Waals surface area contributed by atoms with Crippen LogP contribution in [0.3, 0.4) is 0 Å². The number of hydrogen-bond acceptors (Lipinski definition) is 4. The molecule has 0 aromatic heterocycles. The Kier molecular flexibility index (Phi) is 5.27. The quantitative estimate of drug-likeness (QED) is 0.607. The van der Waals surface area contributed by atoms with Gasteiger partial charge in [-0.1, -0.05) is 0 Å². The summed E-state index contributed by atoms with van der Waals surface area (Å²) >= 11 is 1.72. The van der Waals surface area contributed by atoms with Gasteiger partial charge in [0.1, 0.15) is 17.4 Å². The standard InChI is InChI=1S/C11H8F2INO3/c1-2-17-10(16)8-7(18-11(12)13)4-3-6(5-15)9(8)14/h3-4,11H,2H2,1H3. The van der Waals surface area contributed by atoms with Crippen LogP contribution in [0.25, 0.3) is 0 Å². The summed E-state index contributed by atoms with van der Waals surface area (Å²) < 4.78 is 33.7. The van der Waals surface area contributed by atoms with E-state index in [0.717, 1.165) is 6.07 Å². The number of benzene rings is 1. The first kappa shape index (κ1) is 14.6. The molecule has 0 heterocycles. The lowest BCUT2D eigenvalue weighted by atomic mass is 10.1. The molecule has 0 N–H and O–H groups in total. The van der Waals surface area contributed by atoms with E-state index < -0.39 is 12.6 Å². The average Bonchev–Trinajstić information content (AvgIpc) is 2.29. The summed E-state index contributed by atoms with van der Waals surface area (Å²) in [7, 11) is 0. The minimum atomic E-state index is -3.05. The van der Waals surface area contributed by atoms with E-state index in [2.05, 4.69) is 4.74 Å². The van der Waals surface area contributed by atoms with Crippen molar-refractivity contribution in [2.24, 2.45) is 0 Å². The van der Waals surface area contributed by atoms with Crippen molar-refractivity contribution in [3.8, 4) is 11.8 Å². The normalized spacial score (nSPS) is 10.0. The van der Waals surface area contributed by atoms with Gasteiger partial charge in [0.2, 0.25) is 0 Å². The molecule has 0 atom stereocenters. The van der Waals surface area contributed by atoms with Crippen molar-refractivity contribution < 1.29 is 23.0 Å². The Balaban J connectivity index is 3.31. The largest absolute Gasteiger partial charge is 0.462 e. The first-order valence-electron chi connectivity index (χ1n) is 4.85. The molecule has 1 rings (SSSR count). The number of nitriles is 1. The van der Waals surface area contributed by atoms with Gasteiger partial charge in [-0.25, -0.2) is 4.79 Å². The molecule has 7 heteroatoms. The lowest BCUT2D eigenvalue weighted by Crippen LogP contribution is -2.13. The highest BCUT2D eigenvalue weighted by molar-refractivity contribution is 14.1. The molecule has 4 nitrogen and oxygen atoms in total. The molecule has 1 aromatic carbocycles. The van der Waals surface area contributed by atoms with Crippen molar-refractivity contribution in [3.05, 3.63) is 26.8 Å². The van der Waals surface area contributed by atoms with Gasteiger partial charge in [-0.05, 0) is 41.6 Å². The van der Waals surface area contributed by atoms with Crippen molar-refractivity contribution in [1.29, 1.82) is 5.26 Å². The first-order chi connectivity index (χ1) is 8.51. The molecule has 0 bridgehead atoms. The second-order valence-electron chi connectivity index (χ2n) is 3.01. The minimum absolute atomic E-state index is 0.0970. The van der Waals surface area contributed by atoms with E-state index in [1.807, 2.05) is 6.07 Å². The third-order valence-corrected chi connectivity index (χ3v) is 3.04. The number of rotatable bonds is 4. The summed E-state index contributed by atoms with van der Waals surface area (Å²) in [6, 6.07) is 4.31. The first-order valence-corrected chi connectivity index (χ1v) is 5.93. The maximum Gasteiger partial charge on any atom is 0.387 e. The van der Waals surface area contributed by atoms with Crippen LogP contribution in [0.1, 0.15) is 22.8 Å². The van der Waals surface area contributed by atoms with E-state index in [1.165, 1.54) is 6.07 Å². The minimum Gasteiger partial charge on any atom is -0.462 e. The predicted molar refractivity (Wildman–Crippen MR) is 66.5 cm³/mol. The Morgan fingerprint density at radius 3 is 2.72 bits per heavy atom. The monoisotopic (exact) mass is 367 g/mol. The van der Waals surface area contributed by atoms with Gasteiger partial charge >= 0.3 is 12.6 Å². The van der Waals surface area contributed by atoms with Crippen LogP contribution in [0.15, 0.2) is 12.1 Å². The second-order valence-corrected chi connectivity index (χ2v) is 4.09. The van der Waals surface area contributed by atoms with Gasteiger partial charge in [0.15, 0.2) is 0 Å². The maximum absolute atomic E-state index is 12.2. The summed E-state index contributed by atoms with van der Waals surface area (Å²) in [6.07, 6.45) is 0. The van der Waals surface area contributed by atoms with Crippen molar-refractivity contribution in [3.63, 3.8) is 0 Å². The summed E-state index contributed by atoms with van der Waals surface area (Å²) in [6.45, 7) is -1.37. The molecule has 0 amide bonds. The smallest absolute Gasteiger partial charge is 0.387 e. The van der Waals surface area contributed by atoms with Crippen LogP contribution >= 0.6 is 22.6 Å². The summed E-state index contributed by atoms with van der Waals surface area (Å²) in [5.74, 6) is -1.10. The summed E-state index contributed by atoms with van der Waals surface area (Å²) in [4.78, 5) is 11.7. The van der Waals surface area contributed by atoms with Crippen LogP contribution in [0.5, 0.6) is 5.75 Å². The van der Waals surface area contributed by atoms with E-state index >= 15 is 0 Å².